The van der Waals surface area contributed by atoms with Crippen molar-refractivity contribution in [2.75, 3.05) is 0 Å². The summed E-state index contributed by atoms with van der Waals surface area (Å²) in [5.74, 6) is 0.510. The molecule has 0 amide bonds. The van der Waals surface area contributed by atoms with Crippen molar-refractivity contribution in [3.05, 3.63) is 153 Å². The first-order chi connectivity index (χ1) is 21.7. The van der Waals surface area contributed by atoms with Crippen LogP contribution in [0.15, 0.2) is 91.0 Å². The van der Waals surface area contributed by atoms with E-state index >= 15 is 17.6 Å². The van der Waals surface area contributed by atoms with Crippen molar-refractivity contribution in [3.8, 4) is 34.1 Å². The van der Waals surface area contributed by atoms with Crippen molar-refractivity contribution in [1.29, 1.82) is 0 Å². The van der Waals surface area contributed by atoms with Crippen LogP contribution in [0.3, 0.4) is 0 Å². The number of aryl methyl sites for hydroxylation is 4. The van der Waals surface area contributed by atoms with E-state index in [1.165, 1.54) is 24.1 Å². The fraction of sp³-hybridized carbons (Fsp3) is 0.200. The molecule has 45 heavy (non-hydrogen) atoms. The number of benzene rings is 5. The Morgan fingerprint density at radius 1 is 0.511 bits per heavy atom. The third-order valence-electron chi connectivity index (χ3n) is 7.95. The van der Waals surface area contributed by atoms with Crippen molar-refractivity contribution in [1.82, 2.24) is 0 Å². The highest BCUT2D eigenvalue weighted by Gasteiger charge is 2.21. The summed E-state index contributed by atoms with van der Waals surface area (Å²) in [5.41, 5.74) is 4.50. The van der Waals surface area contributed by atoms with Gasteiger partial charge in [0, 0.05) is 11.1 Å². The molecule has 0 unspecified atom stereocenters. The molecule has 228 valence electrons. The van der Waals surface area contributed by atoms with Crippen molar-refractivity contribution in [2.45, 2.75) is 52.4 Å². The van der Waals surface area contributed by atoms with Gasteiger partial charge in [-0.15, -0.1) is 0 Å². The zero-order chi connectivity index (χ0) is 31.9. The summed E-state index contributed by atoms with van der Waals surface area (Å²) in [6.07, 6.45) is 4.88. The monoisotopic (exact) mass is 608 g/mol. The number of hydrogen-bond acceptors (Lipinski definition) is 0. The van der Waals surface area contributed by atoms with Crippen LogP contribution in [0.2, 0.25) is 0 Å². The molecule has 0 aliphatic heterocycles. The van der Waals surface area contributed by atoms with Crippen molar-refractivity contribution in [3.63, 3.8) is 0 Å². The highest BCUT2D eigenvalue weighted by Crippen LogP contribution is 2.33. The van der Waals surface area contributed by atoms with Crippen LogP contribution in [0.5, 0.6) is 0 Å². The van der Waals surface area contributed by atoms with Crippen molar-refractivity contribution < 1.29 is 22.0 Å². The second-order valence-electron chi connectivity index (χ2n) is 11.2. The molecule has 0 atom stereocenters. The summed E-state index contributed by atoms with van der Waals surface area (Å²) < 4.78 is 74.2. The maximum absolute atomic E-state index is 15.2. The van der Waals surface area contributed by atoms with Gasteiger partial charge in [-0.25, -0.2) is 22.0 Å². The maximum atomic E-state index is 15.2. The predicted molar refractivity (Wildman–Crippen MR) is 171 cm³/mol. The summed E-state index contributed by atoms with van der Waals surface area (Å²) >= 11 is 0. The minimum Gasteiger partial charge on any atom is -0.207 e. The molecule has 0 spiro atoms. The zero-order valence-electron chi connectivity index (χ0n) is 25.3. The molecule has 0 aliphatic carbocycles. The van der Waals surface area contributed by atoms with E-state index in [4.69, 9.17) is 0 Å². The topological polar surface area (TPSA) is 0 Å². The average Bonchev–Trinajstić information content (AvgIpc) is 3.03. The van der Waals surface area contributed by atoms with Gasteiger partial charge in [-0.3, -0.25) is 0 Å². The molecular formula is C40H33F5. The second kappa shape index (κ2) is 14.4. The lowest BCUT2D eigenvalue weighted by Crippen LogP contribution is -2.01. The second-order valence-corrected chi connectivity index (χ2v) is 11.2. The minimum absolute atomic E-state index is 0.0347. The highest BCUT2D eigenvalue weighted by molar-refractivity contribution is 5.68. The standard InChI is InChI=1S/C40H33F5/c1-3-5-6-26-9-14-31(15-10-26)32-16-11-27(12-17-32)7-8-28-21-35(42)39(36(43)22-28)40-37(44)23-29(24-38(40)45)13-18-33-25-34(41)20-19-30(33)4-2/h9-12,14-17,19-25H,3-8H2,1-2H3. The van der Waals surface area contributed by atoms with Gasteiger partial charge in [0.15, 0.2) is 0 Å². The molecule has 5 heteroatoms. The number of hydrogen-bond donors (Lipinski definition) is 0. The van der Waals surface area contributed by atoms with E-state index in [9.17, 15) is 4.39 Å². The summed E-state index contributed by atoms with van der Waals surface area (Å²) in [4.78, 5) is 0. The van der Waals surface area contributed by atoms with Gasteiger partial charge >= 0.3 is 0 Å². The highest BCUT2D eigenvalue weighted by atomic mass is 19.1. The van der Waals surface area contributed by atoms with E-state index in [-0.39, 0.29) is 5.56 Å². The van der Waals surface area contributed by atoms with Crippen LogP contribution in [-0.4, -0.2) is 0 Å². The first-order valence-corrected chi connectivity index (χ1v) is 15.2. The molecule has 5 aromatic rings. The first-order valence-electron chi connectivity index (χ1n) is 15.2. The fourth-order valence-corrected chi connectivity index (χ4v) is 5.40. The molecule has 0 saturated heterocycles. The largest absolute Gasteiger partial charge is 0.207 e. The molecule has 0 saturated carbocycles. The van der Waals surface area contributed by atoms with Gasteiger partial charge in [-0.2, -0.15) is 0 Å². The third-order valence-corrected chi connectivity index (χ3v) is 7.95. The van der Waals surface area contributed by atoms with E-state index in [0.29, 0.717) is 30.4 Å². The Kier molecular flexibility index (Phi) is 10.1. The molecule has 0 radical (unpaired) electrons. The summed E-state index contributed by atoms with van der Waals surface area (Å²) in [6, 6.07) is 24.9. The van der Waals surface area contributed by atoms with Gasteiger partial charge in [-0.1, -0.05) is 86.7 Å². The van der Waals surface area contributed by atoms with Crippen LogP contribution in [-0.2, 0) is 25.7 Å². The summed E-state index contributed by atoms with van der Waals surface area (Å²) in [7, 11) is 0. The fourth-order valence-electron chi connectivity index (χ4n) is 5.40. The first kappa shape index (κ1) is 31.7. The summed E-state index contributed by atoms with van der Waals surface area (Å²) in [6.45, 7) is 4.06. The molecular weight excluding hydrogens is 575 g/mol. The Morgan fingerprint density at radius 3 is 1.56 bits per heavy atom. The normalized spacial score (nSPS) is 10.9. The Labute approximate surface area is 261 Å². The SMILES string of the molecule is CCCCc1ccc(-c2ccc(CCc3cc(F)c(-c4c(F)cc(C#Cc5cc(F)ccc5CC)cc4F)c(F)c3)cc2)cc1. The maximum Gasteiger partial charge on any atom is 0.135 e. The van der Waals surface area contributed by atoms with Gasteiger partial charge in [0.1, 0.15) is 29.1 Å². The Balaban J connectivity index is 1.29. The van der Waals surface area contributed by atoms with Gasteiger partial charge < -0.3 is 0 Å². The van der Waals surface area contributed by atoms with Gasteiger partial charge in [0.2, 0.25) is 0 Å². The molecule has 0 bridgehead atoms. The van der Waals surface area contributed by atoms with E-state index in [2.05, 4.69) is 43.0 Å². The smallest absolute Gasteiger partial charge is 0.135 e. The lowest BCUT2D eigenvalue weighted by Gasteiger charge is -2.11. The van der Waals surface area contributed by atoms with Gasteiger partial charge in [0.25, 0.3) is 0 Å². The van der Waals surface area contributed by atoms with E-state index < -0.39 is 40.2 Å². The molecule has 5 rings (SSSR count). The van der Waals surface area contributed by atoms with Crippen LogP contribution in [0.4, 0.5) is 22.0 Å². The van der Waals surface area contributed by atoms with E-state index in [1.807, 2.05) is 31.2 Å². The van der Waals surface area contributed by atoms with Crippen LogP contribution in [0, 0.1) is 40.9 Å². The van der Waals surface area contributed by atoms with E-state index in [1.54, 1.807) is 6.07 Å². The molecule has 0 fully saturated rings. The minimum atomic E-state index is -1.14. The molecule has 0 aliphatic rings. The lowest BCUT2D eigenvalue weighted by atomic mass is 9.96. The van der Waals surface area contributed by atoms with Gasteiger partial charge in [0.05, 0.1) is 11.1 Å². The van der Waals surface area contributed by atoms with Crippen LogP contribution < -0.4 is 0 Å². The van der Waals surface area contributed by atoms with Gasteiger partial charge in [-0.05, 0) is 102 Å². The molecule has 0 N–H and O–H groups in total. The van der Waals surface area contributed by atoms with Crippen molar-refractivity contribution in [2.24, 2.45) is 0 Å². The van der Waals surface area contributed by atoms with Crippen LogP contribution in [0.25, 0.3) is 22.3 Å². The zero-order valence-corrected chi connectivity index (χ0v) is 25.3. The van der Waals surface area contributed by atoms with E-state index in [0.717, 1.165) is 59.4 Å². The third kappa shape index (κ3) is 7.70. The number of halogens is 5. The Morgan fingerprint density at radius 2 is 1.02 bits per heavy atom. The molecule has 0 nitrogen and oxygen atoms in total. The average molecular weight is 609 g/mol. The Bertz CT molecular complexity index is 1810. The van der Waals surface area contributed by atoms with Crippen LogP contribution in [0.1, 0.15) is 60.1 Å². The molecule has 5 aromatic carbocycles. The van der Waals surface area contributed by atoms with Crippen molar-refractivity contribution >= 4 is 0 Å². The number of unbranched alkanes of at least 4 members (excludes halogenated alkanes) is 1. The van der Waals surface area contributed by atoms with Crippen LogP contribution >= 0.6 is 0 Å². The quantitative estimate of drug-likeness (QED) is 0.115. The molecule has 0 heterocycles. The lowest BCUT2D eigenvalue weighted by molar-refractivity contribution is 0.561. The molecule has 0 aromatic heterocycles. The summed E-state index contributed by atoms with van der Waals surface area (Å²) in [5, 5.41) is 0. The number of rotatable bonds is 9. The predicted octanol–water partition coefficient (Wildman–Crippen LogP) is 10.8. The Hall–Kier alpha value is -4.69.